The van der Waals surface area contributed by atoms with Crippen LogP contribution in [0.1, 0.15) is 6.92 Å². The molecule has 0 fully saturated rings. The summed E-state index contributed by atoms with van der Waals surface area (Å²) in [5.74, 6) is -0.458. The van der Waals surface area contributed by atoms with Crippen LogP contribution in [0.4, 0.5) is 0 Å². The van der Waals surface area contributed by atoms with Gasteiger partial charge < -0.3 is 14.9 Å². The molecule has 0 saturated carbocycles. The van der Waals surface area contributed by atoms with Gasteiger partial charge in [-0.2, -0.15) is 0 Å². The van der Waals surface area contributed by atoms with Gasteiger partial charge in [-0.25, -0.2) is 0 Å². The van der Waals surface area contributed by atoms with Crippen LogP contribution in [0.15, 0.2) is 18.1 Å². The molecule has 0 rings (SSSR count). The van der Waals surface area contributed by atoms with Gasteiger partial charge in [-0.15, -0.1) is 0 Å². The first-order chi connectivity index (χ1) is 5.08. The van der Waals surface area contributed by atoms with Crippen molar-refractivity contribution in [3.63, 3.8) is 0 Å². The predicted molar refractivity (Wildman–Crippen MR) is 40.1 cm³/mol. The minimum absolute atomic E-state index is 0.125. The number of carboxylic acid groups (broad SMARTS) is 1. The summed E-state index contributed by atoms with van der Waals surface area (Å²) in [7, 11) is 1.46. The van der Waals surface area contributed by atoms with E-state index in [4.69, 9.17) is 15.0 Å². The van der Waals surface area contributed by atoms with E-state index in [2.05, 4.69) is 17.0 Å². The summed E-state index contributed by atoms with van der Waals surface area (Å²) in [4.78, 5) is 9.00. The topological polar surface area (TPSA) is 66.8 Å². The number of aliphatic hydroxyl groups excluding tert-OH is 1. The van der Waals surface area contributed by atoms with Gasteiger partial charge in [0, 0.05) is 6.92 Å². The lowest BCUT2D eigenvalue weighted by Gasteiger charge is -1.93. The highest BCUT2D eigenvalue weighted by Crippen LogP contribution is 1.85. The molecule has 64 valence electrons. The third-order valence-corrected chi connectivity index (χ3v) is 0.587. The zero-order valence-electron chi connectivity index (χ0n) is 6.63. The Morgan fingerprint density at radius 3 is 2.09 bits per heavy atom. The van der Waals surface area contributed by atoms with Crippen molar-refractivity contribution in [3.8, 4) is 0 Å². The number of methoxy groups -OCH3 is 1. The van der Waals surface area contributed by atoms with E-state index >= 15 is 0 Å². The Kier molecular flexibility index (Phi) is 9.89. The molecule has 0 aliphatic rings. The fourth-order valence-corrected chi connectivity index (χ4v) is 0.193. The Balaban J connectivity index is 0. The summed E-state index contributed by atoms with van der Waals surface area (Å²) in [6, 6.07) is 0. The van der Waals surface area contributed by atoms with Crippen molar-refractivity contribution in [2.45, 2.75) is 6.92 Å². The van der Waals surface area contributed by atoms with Crippen LogP contribution in [0.2, 0.25) is 0 Å². The van der Waals surface area contributed by atoms with Crippen LogP contribution in [0.3, 0.4) is 0 Å². The molecule has 0 saturated heterocycles. The highest BCUT2D eigenvalue weighted by atomic mass is 16.5. The van der Waals surface area contributed by atoms with E-state index in [1.165, 1.54) is 7.11 Å². The second-order valence-electron chi connectivity index (χ2n) is 1.48. The quantitative estimate of drug-likeness (QED) is 0.453. The second-order valence-corrected chi connectivity index (χ2v) is 1.48. The van der Waals surface area contributed by atoms with E-state index in [0.29, 0.717) is 5.76 Å². The minimum atomic E-state index is -0.833. The Morgan fingerprint density at radius 1 is 1.73 bits per heavy atom. The van der Waals surface area contributed by atoms with E-state index in [1.807, 2.05) is 0 Å². The molecule has 0 atom stereocenters. The number of carbonyl (C=O) groups is 1. The lowest BCUT2D eigenvalue weighted by Crippen LogP contribution is -1.89. The zero-order valence-corrected chi connectivity index (χ0v) is 6.63. The van der Waals surface area contributed by atoms with Crippen LogP contribution in [-0.4, -0.2) is 29.9 Å². The van der Waals surface area contributed by atoms with Crippen molar-refractivity contribution in [2.75, 3.05) is 13.7 Å². The van der Waals surface area contributed by atoms with E-state index in [9.17, 15) is 0 Å². The molecule has 0 aliphatic carbocycles. The lowest BCUT2D eigenvalue weighted by molar-refractivity contribution is -0.134. The van der Waals surface area contributed by atoms with Crippen molar-refractivity contribution >= 4 is 5.97 Å². The fraction of sp³-hybridized carbons (Fsp3) is 0.429. The molecule has 0 bridgehead atoms. The van der Waals surface area contributed by atoms with Crippen LogP contribution < -0.4 is 0 Å². The Morgan fingerprint density at radius 2 is 2.09 bits per heavy atom. The van der Waals surface area contributed by atoms with Gasteiger partial charge >= 0.3 is 0 Å². The fourth-order valence-electron chi connectivity index (χ4n) is 0.193. The molecule has 0 aromatic carbocycles. The monoisotopic (exact) mass is 160 g/mol. The highest BCUT2D eigenvalue weighted by Gasteiger charge is 1.83. The molecule has 0 aromatic heterocycles. The molecule has 0 amide bonds. The summed E-state index contributed by atoms with van der Waals surface area (Å²) in [6.45, 7) is 4.21. The molecular formula is C7H12O4. The van der Waals surface area contributed by atoms with Crippen LogP contribution in [0.25, 0.3) is 0 Å². The first-order valence-electron chi connectivity index (χ1n) is 2.81. The van der Waals surface area contributed by atoms with Gasteiger partial charge in [0.05, 0.1) is 7.11 Å². The molecule has 4 heteroatoms. The SMILES string of the molecule is C=C=C(CO)OC.CC(=O)O. The van der Waals surface area contributed by atoms with E-state index in [0.717, 1.165) is 6.92 Å². The normalized spacial score (nSPS) is 6.82. The maximum atomic E-state index is 9.00. The Bertz CT molecular complexity index is 146. The standard InChI is InChI=1S/C5H8O2.C2H4O2/c1-3-5(4-6)7-2;1-2(3)4/h6H,1,4H2,2H3;1H3,(H,3,4). The number of aliphatic carboxylic acids is 1. The van der Waals surface area contributed by atoms with Crippen LogP contribution in [0.5, 0.6) is 0 Å². The Hall–Kier alpha value is -1.25. The van der Waals surface area contributed by atoms with Gasteiger partial charge in [0.2, 0.25) is 0 Å². The van der Waals surface area contributed by atoms with Crippen LogP contribution >= 0.6 is 0 Å². The van der Waals surface area contributed by atoms with Gasteiger partial charge in [-0.1, -0.05) is 12.3 Å². The predicted octanol–water partition coefficient (Wildman–Crippen LogP) is 0.385. The number of rotatable bonds is 2. The molecule has 0 aromatic rings. The molecule has 0 aliphatic heterocycles. The number of hydrogen-bond donors (Lipinski definition) is 2. The maximum Gasteiger partial charge on any atom is 0.300 e. The number of carboxylic acids is 1. The molecule has 11 heavy (non-hydrogen) atoms. The molecule has 2 N–H and O–H groups in total. The largest absolute Gasteiger partial charge is 0.491 e. The maximum absolute atomic E-state index is 9.00. The van der Waals surface area contributed by atoms with Gasteiger partial charge in [0.25, 0.3) is 5.97 Å². The minimum Gasteiger partial charge on any atom is -0.491 e. The molecule has 0 unspecified atom stereocenters. The van der Waals surface area contributed by atoms with Crippen molar-refractivity contribution < 1.29 is 19.7 Å². The van der Waals surface area contributed by atoms with Gasteiger partial charge in [0.15, 0.2) is 5.76 Å². The van der Waals surface area contributed by atoms with E-state index in [1.54, 1.807) is 0 Å². The third kappa shape index (κ3) is 17.7. The highest BCUT2D eigenvalue weighted by molar-refractivity contribution is 5.62. The molecule has 0 spiro atoms. The summed E-state index contributed by atoms with van der Waals surface area (Å²) < 4.78 is 4.54. The summed E-state index contributed by atoms with van der Waals surface area (Å²) >= 11 is 0. The van der Waals surface area contributed by atoms with Crippen molar-refractivity contribution in [1.82, 2.24) is 0 Å². The molecule has 4 nitrogen and oxygen atoms in total. The zero-order chi connectivity index (χ0) is 9.28. The average Bonchev–Trinajstić information content (AvgIpc) is 1.90. The van der Waals surface area contributed by atoms with Gasteiger partial charge in [0.1, 0.15) is 6.61 Å². The first-order valence-corrected chi connectivity index (χ1v) is 2.81. The number of ether oxygens (including phenoxy) is 1. The second kappa shape index (κ2) is 8.75. The van der Waals surface area contributed by atoms with E-state index < -0.39 is 5.97 Å². The molecule has 0 heterocycles. The smallest absolute Gasteiger partial charge is 0.300 e. The van der Waals surface area contributed by atoms with Crippen LogP contribution in [-0.2, 0) is 9.53 Å². The van der Waals surface area contributed by atoms with Crippen LogP contribution in [0, 0.1) is 0 Å². The van der Waals surface area contributed by atoms with Crippen molar-refractivity contribution in [1.29, 1.82) is 0 Å². The third-order valence-electron chi connectivity index (χ3n) is 0.587. The average molecular weight is 160 g/mol. The molecule has 0 radical (unpaired) electrons. The summed E-state index contributed by atoms with van der Waals surface area (Å²) in [5.41, 5.74) is 2.40. The molecular weight excluding hydrogens is 148 g/mol. The van der Waals surface area contributed by atoms with Gasteiger partial charge in [-0.05, 0) is 0 Å². The van der Waals surface area contributed by atoms with Crippen molar-refractivity contribution in [2.24, 2.45) is 0 Å². The summed E-state index contributed by atoms with van der Waals surface area (Å²) in [6.07, 6.45) is 0. The lowest BCUT2D eigenvalue weighted by atomic mass is 10.6. The number of aliphatic hydroxyl groups is 1. The van der Waals surface area contributed by atoms with E-state index in [-0.39, 0.29) is 6.61 Å². The Labute approximate surface area is 65.4 Å². The number of hydrogen-bond acceptors (Lipinski definition) is 3. The van der Waals surface area contributed by atoms with Crippen molar-refractivity contribution in [3.05, 3.63) is 18.1 Å². The van der Waals surface area contributed by atoms with Gasteiger partial charge in [-0.3, -0.25) is 4.79 Å². The summed E-state index contributed by atoms with van der Waals surface area (Å²) in [5, 5.41) is 15.7. The first kappa shape index (κ1) is 12.4.